The summed E-state index contributed by atoms with van der Waals surface area (Å²) in [7, 11) is 0. The molecular weight excluding hydrogens is 355 g/mol. The Morgan fingerprint density at radius 1 is 1.43 bits per heavy atom. The Morgan fingerprint density at radius 2 is 2.14 bits per heavy atom. The first-order valence-electron chi connectivity index (χ1n) is 4.48. The normalized spacial score (nSPS) is 11.7. The van der Waals surface area contributed by atoms with Gasteiger partial charge in [-0.25, -0.2) is 0 Å². The summed E-state index contributed by atoms with van der Waals surface area (Å²) in [5, 5.41) is 0. The number of ether oxygens (including phenoxy) is 1. The summed E-state index contributed by atoms with van der Waals surface area (Å²) in [5.74, 6) is 0. The largest absolute Gasteiger partial charge is 0.370 e. The number of halogens is 2. The van der Waals surface area contributed by atoms with Crippen molar-refractivity contribution in [1.82, 2.24) is 0 Å². The van der Waals surface area contributed by atoms with Crippen molar-refractivity contribution in [3.63, 3.8) is 0 Å². The van der Waals surface area contributed by atoms with Gasteiger partial charge >= 0.3 is 0 Å². The Morgan fingerprint density at radius 3 is 2.71 bits per heavy atom. The summed E-state index contributed by atoms with van der Waals surface area (Å²) in [6, 6.07) is 8.21. The number of benzene rings is 1. The second kappa shape index (κ2) is 5.47. The van der Waals surface area contributed by atoms with Crippen LogP contribution in [0, 0.1) is 0 Å². The fourth-order valence-electron chi connectivity index (χ4n) is 0.944. The maximum Gasteiger partial charge on any atom is 0.0724 e. The lowest BCUT2D eigenvalue weighted by Gasteiger charge is -2.22. The number of rotatable bonds is 4. The second-order valence-electron chi connectivity index (χ2n) is 3.81. The summed E-state index contributed by atoms with van der Waals surface area (Å²) in [5.41, 5.74) is 1.17. The quantitative estimate of drug-likeness (QED) is 0.572. The Bertz CT molecular complexity index is 299. The van der Waals surface area contributed by atoms with E-state index >= 15 is 0 Å². The van der Waals surface area contributed by atoms with Crippen molar-refractivity contribution in [3.05, 3.63) is 34.3 Å². The summed E-state index contributed by atoms with van der Waals surface area (Å²) in [4.78, 5) is 0. The van der Waals surface area contributed by atoms with Crippen LogP contribution in [-0.4, -0.2) is 10.0 Å². The summed E-state index contributed by atoms with van der Waals surface area (Å²) >= 11 is 5.79. The molecule has 1 aromatic carbocycles. The first-order chi connectivity index (χ1) is 6.53. The van der Waals surface area contributed by atoms with Gasteiger partial charge in [0.1, 0.15) is 0 Å². The van der Waals surface area contributed by atoms with E-state index in [1.54, 1.807) is 0 Å². The van der Waals surface area contributed by atoms with Crippen LogP contribution >= 0.6 is 38.5 Å². The molecule has 0 aliphatic rings. The van der Waals surface area contributed by atoms with Gasteiger partial charge < -0.3 is 4.74 Å². The molecule has 14 heavy (non-hydrogen) atoms. The van der Waals surface area contributed by atoms with Crippen LogP contribution in [0.15, 0.2) is 28.7 Å². The van der Waals surface area contributed by atoms with Crippen LogP contribution in [0.1, 0.15) is 19.4 Å². The highest BCUT2D eigenvalue weighted by Crippen LogP contribution is 2.17. The summed E-state index contributed by atoms with van der Waals surface area (Å²) < 4.78 is 7.89. The van der Waals surface area contributed by atoms with Crippen molar-refractivity contribution in [2.24, 2.45) is 0 Å². The van der Waals surface area contributed by atoms with Gasteiger partial charge in [-0.2, -0.15) is 0 Å². The molecular formula is C11H14BrIO. The fourth-order valence-corrected chi connectivity index (χ4v) is 1.61. The molecule has 0 fully saturated rings. The maximum atomic E-state index is 5.79. The Hall–Kier alpha value is 0.390. The Labute approximate surface area is 107 Å². The van der Waals surface area contributed by atoms with Crippen molar-refractivity contribution >= 4 is 38.5 Å². The molecule has 0 spiro atoms. The highest BCUT2D eigenvalue weighted by Gasteiger charge is 2.15. The monoisotopic (exact) mass is 368 g/mol. The van der Waals surface area contributed by atoms with E-state index < -0.39 is 0 Å². The van der Waals surface area contributed by atoms with Gasteiger partial charge in [-0.15, -0.1) is 0 Å². The Kier molecular flexibility index (Phi) is 4.87. The third-order valence-corrected chi connectivity index (χ3v) is 4.17. The SMILES string of the molecule is CC(C)(CI)OCc1cccc(Br)c1. The lowest BCUT2D eigenvalue weighted by Crippen LogP contribution is -2.25. The van der Waals surface area contributed by atoms with Crippen molar-refractivity contribution in [1.29, 1.82) is 0 Å². The lowest BCUT2D eigenvalue weighted by atomic mass is 10.2. The van der Waals surface area contributed by atoms with E-state index in [1.165, 1.54) is 5.56 Å². The average molecular weight is 369 g/mol. The molecule has 1 rings (SSSR count). The molecule has 0 heterocycles. The van der Waals surface area contributed by atoms with Crippen LogP contribution < -0.4 is 0 Å². The molecule has 0 aliphatic carbocycles. The van der Waals surface area contributed by atoms with E-state index in [2.05, 4.69) is 64.5 Å². The standard InChI is InChI=1S/C11H14BrIO/c1-11(2,8-13)14-7-9-4-3-5-10(12)6-9/h3-6H,7-8H2,1-2H3. The molecule has 1 aromatic rings. The van der Waals surface area contributed by atoms with E-state index in [9.17, 15) is 0 Å². The van der Waals surface area contributed by atoms with E-state index in [0.29, 0.717) is 6.61 Å². The van der Waals surface area contributed by atoms with Crippen molar-refractivity contribution in [2.45, 2.75) is 26.1 Å². The highest BCUT2D eigenvalue weighted by molar-refractivity contribution is 14.1. The fraction of sp³-hybridized carbons (Fsp3) is 0.455. The smallest absolute Gasteiger partial charge is 0.0724 e. The van der Waals surface area contributed by atoms with Crippen LogP contribution in [0.2, 0.25) is 0 Å². The zero-order valence-corrected chi connectivity index (χ0v) is 12.1. The maximum absolute atomic E-state index is 5.79. The number of hydrogen-bond donors (Lipinski definition) is 0. The van der Waals surface area contributed by atoms with E-state index in [-0.39, 0.29) is 5.60 Å². The molecule has 0 N–H and O–H groups in total. The lowest BCUT2D eigenvalue weighted by molar-refractivity contribution is -0.00909. The second-order valence-corrected chi connectivity index (χ2v) is 5.49. The van der Waals surface area contributed by atoms with Gasteiger partial charge in [0, 0.05) is 8.90 Å². The molecule has 0 radical (unpaired) electrons. The van der Waals surface area contributed by atoms with Gasteiger partial charge in [-0.05, 0) is 31.5 Å². The van der Waals surface area contributed by atoms with E-state index in [4.69, 9.17) is 4.74 Å². The first kappa shape index (κ1) is 12.5. The van der Waals surface area contributed by atoms with Gasteiger partial charge in [0.15, 0.2) is 0 Å². The minimum Gasteiger partial charge on any atom is -0.370 e. The molecule has 0 bridgehead atoms. The van der Waals surface area contributed by atoms with Gasteiger partial charge in [0.25, 0.3) is 0 Å². The highest BCUT2D eigenvalue weighted by atomic mass is 127. The molecule has 0 amide bonds. The summed E-state index contributed by atoms with van der Waals surface area (Å²) in [6.45, 7) is 4.89. The molecule has 0 aromatic heterocycles. The zero-order chi connectivity index (χ0) is 10.6. The first-order valence-corrected chi connectivity index (χ1v) is 6.80. The number of alkyl halides is 1. The molecule has 0 saturated heterocycles. The van der Waals surface area contributed by atoms with Crippen LogP contribution in [0.5, 0.6) is 0 Å². The van der Waals surface area contributed by atoms with Crippen molar-refractivity contribution < 1.29 is 4.74 Å². The topological polar surface area (TPSA) is 9.23 Å². The number of hydrogen-bond acceptors (Lipinski definition) is 1. The Balaban J connectivity index is 2.54. The molecule has 0 atom stereocenters. The third kappa shape index (κ3) is 4.28. The van der Waals surface area contributed by atoms with Crippen molar-refractivity contribution in [2.75, 3.05) is 4.43 Å². The van der Waals surface area contributed by atoms with E-state index in [0.717, 1.165) is 8.90 Å². The molecule has 0 aliphatic heterocycles. The average Bonchev–Trinajstić information content (AvgIpc) is 2.15. The predicted molar refractivity (Wildman–Crippen MR) is 71.9 cm³/mol. The molecule has 0 unspecified atom stereocenters. The van der Waals surface area contributed by atoms with Crippen molar-refractivity contribution in [3.8, 4) is 0 Å². The molecule has 0 saturated carbocycles. The third-order valence-electron chi connectivity index (χ3n) is 1.84. The zero-order valence-electron chi connectivity index (χ0n) is 8.39. The molecule has 3 heteroatoms. The predicted octanol–water partition coefficient (Wildman–Crippen LogP) is 4.18. The van der Waals surface area contributed by atoms with Crippen LogP contribution in [-0.2, 0) is 11.3 Å². The van der Waals surface area contributed by atoms with Crippen LogP contribution in [0.25, 0.3) is 0 Å². The minimum absolute atomic E-state index is 0.0388. The van der Waals surface area contributed by atoms with Gasteiger partial charge in [0.2, 0.25) is 0 Å². The van der Waals surface area contributed by atoms with E-state index in [1.807, 2.05) is 12.1 Å². The van der Waals surface area contributed by atoms with Crippen LogP contribution in [0.3, 0.4) is 0 Å². The van der Waals surface area contributed by atoms with Gasteiger partial charge in [0.05, 0.1) is 12.2 Å². The van der Waals surface area contributed by atoms with Crippen LogP contribution in [0.4, 0.5) is 0 Å². The van der Waals surface area contributed by atoms with Gasteiger partial charge in [-0.1, -0.05) is 50.7 Å². The molecule has 1 nitrogen and oxygen atoms in total. The van der Waals surface area contributed by atoms with Gasteiger partial charge in [-0.3, -0.25) is 0 Å². The summed E-state index contributed by atoms with van der Waals surface area (Å²) in [6.07, 6.45) is 0. The minimum atomic E-state index is -0.0388. The molecule has 78 valence electrons.